The molecule has 0 unspecified atom stereocenters. The summed E-state index contributed by atoms with van der Waals surface area (Å²) < 4.78 is 15.6. The Morgan fingerprint density at radius 2 is 1.73 bits per heavy atom. The summed E-state index contributed by atoms with van der Waals surface area (Å²) in [4.78, 5) is 18.2. The molecule has 7 nitrogen and oxygen atoms in total. The van der Waals surface area contributed by atoms with Crippen LogP contribution in [0.25, 0.3) is 0 Å². The van der Waals surface area contributed by atoms with Gasteiger partial charge in [-0.2, -0.15) is 0 Å². The van der Waals surface area contributed by atoms with Crippen LogP contribution in [0.15, 0.2) is 17.1 Å². The fourth-order valence-corrected chi connectivity index (χ4v) is 3.51. The standard InChI is InChI=1S/C22H35N3O4.HI/c1-5-23-22(24-12-9-7-6-8-10-21(26)29-4)25-13-11-17-14-19(27-2)20(28-3)15-18(17)16-25;/h14-15H,5-13,16H2,1-4H3,(H,23,24);1H. The Morgan fingerprint density at radius 1 is 1.07 bits per heavy atom. The lowest BCUT2D eigenvalue weighted by molar-refractivity contribution is -0.140. The Kier molecular flexibility index (Phi) is 12.6. The third-order valence-electron chi connectivity index (χ3n) is 5.13. The second-order valence-corrected chi connectivity index (χ2v) is 7.12. The van der Waals surface area contributed by atoms with E-state index in [4.69, 9.17) is 14.5 Å². The number of nitrogens with one attached hydrogen (secondary N) is 1. The molecular weight excluding hydrogens is 497 g/mol. The quantitative estimate of drug-likeness (QED) is 0.162. The molecule has 30 heavy (non-hydrogen) atoms. The third kappa shape index (κ3) is 7.85. The molecule has 0 fully saturated rings. The highest BCUT2D eigenvalue weighted by atomic mass is 127. The molecule has 0 radical (unpaired) electrons. The maximum atomic E-state index is 11.1. The van der Waals surface area contributed by atoms with Gasteiger partial charge in [0.15, 0.2) is 17.5 Å². The van der Waals surface area contributed by atoms with Crippen molar-refractivity contribution in [1.29, 1.82) is 0 Å². The topological polar surface area (TPSA) is 72.4 Å². The number of esters is 1. The van der Waals surface area contributed by atoms with E-state index in [9.17, 15) is 4.79 Å². The highest BCUT2D eigenvalue weighted by molar-refractivity contribution is 14.0. The van der Waals surface area contributed by atoms with Crippen LogP contribution in [-0.2, 0) is 22.5 Å². The van der Waals surface area contributed by atoms with Crippen molar-refractivity contribution in [2.75, 3.05) is 41.0 Å². The van der Waals surface area contributed by atoms with E-state index in [1.165, 1.54) is 18.2 Å². The van der Waals surface area contributed by atoms with Crippen LogP contribution in [0.2, 0.25) is 0 Å². The lowest BCUT2D eigenvalue weighted by atomic mass is 9.99. The molecular formula is C22H36IN3O4. The van der Waals surface area contributed by atoms with E-state index in [2.05, 4.69) is 34.0 Å². The van der Waals surface area contributed by atoms with Gasteiger partial charge in [-0.1, -0.05) is 12.8 Å². The molecule has 0 aliphatic carbocycles. The van der Waals surface area contributed by atoms with Crippen molar-refractivity contribution < 1.29 is 19.0 Å². The Labute approximate surface area is 197 Å². The number of carbonyl (C=O) groups is 1. The number of nitrogens with zero attached hydrogens (tertiary/aromatic N) is 2. The van der Waals surface area contributed by atoms with Crippen LogP contribution >= 0.6 is 24.0 Å². The number of hydrogen-bond donors (Lipinski definition) is 1. The van der Waals surface area contributed by atoms with E-state index in [0.29, 0.717) is 6.42 Å². The van der Waals surface area contributed by atoms with Crippen molar-refractivity contribution in [3.63, 3.8) is 0 Å². The molecule has 1 aromatic rings. The summed E-state index contributed by atoms with van der Waals surface area (Å²) in [6.45, 7) is 5.45. The first-order valence-electron chi connectivity index (χ1n) is 10.5. The van der Waals surface area contributed by atoms with Gasteiger partial charge in [-0.05, 0) is 49.4 Å². The van der Waals surface area contributed by atoms with Crippen molar-refractivity contribution in [3.8, 4) is 11.5 Å². The second kappa shape index (κ2) is 14.3. The number of ether oxygens (including phenoxy) is 3. The number of guanidine groups is 1. The molecule has 1 N–H and O–H groups in total. The molecule has 8 heteroatoms. The molecule has 0 aromatic heterocycles. The molecule has 0 spiro atoms. The average Bonchev–Trinajstić information content (AvgIpc) is 2.75. The van der Waals surface area contributed by atoms with Gasteiger partial charge in [-0.3, -0.25) is 9.79 Å². The smallest absolute Gasteiger partial charge is 0.305 e. The Hall–Kier alpha value is -1.71. The van der Waals surface area contributed by atoms with Crippen molar-refractivity contribution in [2.24, 2.45) is 4.99 Å². The molecule has 0 saturated heterocycles. The maximum Gasteiger partial charge on any atom is 0.305 e. The fraction of sp³-hybridized carbons (Fsp3) is 0.636. The minimum atomic E-state index is -0.128. The molecule has 1 aliphatic heterocycles. The number of hydrogen-bond acceptors (Lipinski definition) is 5. The first-order chi connectivity index (χ1) is 14.1. The zero-order valence-electron chi connectivity index (χ0n) is 18.7. The van der Waals surface area contributed by atoms with Gasteiger partial charge >= 0.3 is 5.97 Å². The summed E-state index contributed by atoms with van der Waals surface area (Å²) in [5.41, 5.74) is 2.56. The molecule has 2 rings (SSSR count). The molecule has 1 heterocycles. The lowest BCUT2D eigenvalue weighted by Crippen LogP contribution is -2.44. The molecule has 1 aliphatic rings. The van der Waals surface area contributed by atoms with Crippen LogP contribution in [0.4, 0.5) is 0 Å². The number of benzene rings is 1. The van der Waals surface area contributed by atoms with Gasteiger partial charge in [-0.25, -0.2) is 0 Å². The van der Waals surface area contributed by atoms with Crippen molar-refractivity contribution in [2.45, 2.75) is 52.0 Å². The highest BCUT2D eigenvalue weighted by Crippen LogP contribution is 2.33. The summed E-state index contributed by atoms with van der Waals surface area (Å²) in [5, 5.41) is 3.42. The van der Waals surface area contributed by atoms with Crippen LogP contribution in [-0.4, -0.2) is 57.8 Å². The lowest BCUT2D eigenvalue weighted by Gasteiger charge is -2.32. The fourth-order valence-electron chi connectivity index (χ4n) is 3.51. The highest BCUT2D eigenvalue weighted by Gasteiger charge is 2.21. The van der Waals surface area contributed by atoms with Crippen LogP contribution in [0.3, 0.4) is 0 Å². The normalized spacial score (nSPS) is 13.2. The largest absolute Gasteiger partial charge is 0.493 e. The summed E-state index contributed by atoms with van der Waals surface area (Å²) >= 11 is 0. The molecule has 0 atom stereocenters. The summed E-state index contributed by atoms with van der Waals surface area (Å²) in [6.07, 6.45) is 5.45. The van der Waals surface area contributed by atoms with E-state index in [0.717, 1.165) is 75.7 Å². The Morgan fingerprint density at radius 3 is 2.37 bits per heavy atom. The number of methoxy groups -OCH3 is 3. The van der Waals surface area contributed by atoms with Crippen LogP contribution in [0, 0.1) is 0 Å². The predicted octanol–water partition coefficient (Wildman–Crippen LogP) is 3.77. The van der Waals surface area contributed by atoms with Crippen molar-refractivity contribution in [3.05, 3.63) is 23.3 Å². The van der Waals surface area contributed by atoms with Crippen molar-refractivity contribution in [1.82, 2.24) is 10.2 Å². The molecule has 0 amide bonds. The van der Waals surface area contributed by atoms with Crippen LogP contribution < -0.4 is 14.8 Å². The molecule has 170 valence electrons. The number of aliphatic imine (C=N–C) groups is 1. The van der Waals surface area contributed by atoms with Gasteiger partial charge in [0.1, 0.15) is 0 Å². The summed E-state index contributed by atoms with van der Waals surface area (Å²) in [5.74, 6) is 2.38. The van der Waals surface area contributed by atoms with Gasteiger partial charge < -0.3 is 24.4 Å². The number of carbonyl (C=O) groups excluding carboxylic acids is 1. The third-order valence-corrected chi connectivity index (χ3v) is 5.13. The van der Waals surface area contributed by atoms with Crippen molar-refractivity contribution >= 4 is 35.9 Å². The summed E-state index contributed by atoms with van der Waals surface area (Å²) in [7, 11) is 4.77. The minimum Gasteiger partial charge on any atom is -0.493 e. The van der Waals surface area contributed by atoms with Gasteiger partial charge in [-0.15, -0.1) is 24.0 Å². The van der Waals surface area contributed by atoms with Gasteiger partial charge in [0, 0.05) is 32.6 Å². The van der Waals surface area contributed by atoms with Gasteiger partial charge in [0.25, 0.3) is 0 Å². The Bertz CT molecular complexity index is 697. The number of unbranched alkanes of at least 4 members (excludes halogenated alkanes) is 3. The molecule has 0 bridgehead atoms. The monoisotopic (exact) mass is 533 g/mol. The number of rotatable bonds is 10. The predicted molar refractivity (Wildman–Crippen MR) is 130 cm³/mol. The van der Waals surface area contributed by atoms with Gasteiger partial charge in [0.2, 0.25) is 0 Å². The second-order valence-electron chi connectivity index (χ2n) is 7.12. The number of fused-ring (bicyclic) bond motifs is 1. The van der Waals surface area contributed by atoms with E-state index in [1.807, 2.05) is 0 Å². The van der Waals surface area contributed by atoms with Crippen LogP contribution in [0.1, 0.15) is 50.2 Å². The van der Waals surface area contributed by atoms with Crippen LogP contribution in [0.5, 0.6) is 11.5 Å². The number of halogens is 1. The summed E-state index contributed by atoms with van der Waals surface area (Å²) in [6, 6.07) is 4.16. The zero-order chi connectivity index (χ0) is 21.1. The van der Waals surface area contributed by atoms with E-state index in [-0.39, 0.29) is 29.9 Å². The SMILES string of the molecule is CCNC(=NCCCCCCC(=O)OC)N1CCc2cc(OC)c(OC)cc2C1.I. The Balaban J connectivity index is 0.00000450. The maximum absolute atomic E-state index is 11.1. The first-order valence-corrected chi connectivity index (χ1v) is 10.5. The average molecular weight is 533 g/mol. The minimum absolute atomic E-state index is 0. The first kappa shape index (κ1) is 26.3. The van der Waals surface area contributed by atoms with E-state index < -0.39 is 0 Å². The van der Waals surface area contributed by atoms with Gasteiger partial charge in [0.05, 0.1) is 21.3 Å². The van der Waals surface area contributed by atoms with E-state index in [1.54, 1.807) is 14.2 Å². The molecule has 0 saturated carbocycles. The van der Waals surface area contributed by atoms with E-state index >= 15 is 0 Å². The molecule has 1 aromatic carbocycles. The zero-order valence-corrected chi connectivity index (χ0v) is 21.0.